The van der Waals surface area contributed by atoms with Gasteiger partial charge in [0.05, 0.1) is 18.8 Å². The number of hydrogen-bond acceptors (Lipinski definition) is 7. The number of nitrogens with zero attached hydrogens (tertiary/aromatic N) is 7. The molecular formula is C34H36F2N8O4. The molecule has 0 aliphatic carbocycles. The van der Waals surface area contributed by atoms with Crippen molar-refractivity contribution in [1.82, 2.24) is 29.4 Å². The molecule has 12 nitrogen and oxygen atoms in total. The lowest BCUT2D eigenvalue weighted by molar-refractivity contribution is -0.129. The fraction of sp³-hybridized carbons (Fsp3) is 0.441. The topological polar surface area (TPSA) is 117 Å². The highest BCUT2D eigenvalue weighted by Gasteiger charge is 2.34. The molecule has 2 saturated heterocycles. The summed E-state index contributed by atoms with van der Waals surface area (Å²) in [4.78, 5) is 46.3. The summed E-state index contributed by atoms with van der Waals surface area (Å²) in [5.74, 6) is 0.906. The van der Waals surface area contributed by atoms with Crippen LogP contribution in [0.15, 0.2) is 36.7 Å². The summed E-state index contributed by atoms with van der Waals surface area (Å²) in [6, 6.07) is 6.64. The summed E-state index contributed by atoms with van der Waals surface area (Å²) in [5.41, 5.74) is 5.20. The lowest BCUT2D eigenvalue weighted by Gasteiger charge is -2.33. The van der Waals surface area contributed by atoms with Crippen molar-refractivity contribution in [3.05, 3.63) is 59.0 Å². The Hall–Kier alpha value is -4.85. The van der Waals surface area contributed by atoms with E-state index in [1.54, 1.807) is 41.9 Å². The molecule has 4 aromatic rings. The summed E-state index contributed by atoms with van der Waals surface area (Å²) in [7, 11) is 0. The second-order valence-corrected chi connectivity index (χ2v) is 12.9. The Morgan fingerprint density at radius 2 is 1.88 bits per heavy atom. The van der Waals surface area contributed by atoms with Crippen molar-refractivity contribution in [3.8, 4) is 11.1 Å². The molecule has 14 heteroatoms. The van der Waals surface area contributed by atoms with Gasteiger partial charge in [-0.2, -0.15) is 5.10 Å². The number of fused-ring (bicyclic) bond motifs is 3. The summed E-state index contributed by atoms with van der Waals surface area (Å²) in [6.07, 6.45) is 4.64. The van der Waals surface area contributed by atoms with E-state index < -0.39 is 12.5 Å². The van der Waals surface area contributed by atoms with E-state index >= 15 is 0 Å². The minimum Gasteiger partial charge on any atom is -0.381 e. The van der Waals surface area contributed by atoms with E-state index in [9.17, 15) is 23.2 Å². The van der Waals surface area contributed by atoms with E-state index in [1.165, 1.54) is 4.90 Å². The average Bonchev–Trinajstić information content (AvgIpc) is 3.69. The van der Waals surface area contributed by atoms with Crippen molar-refractivity contribution >= 4 is 40.8 Å². The van der Waals surface area contributed by atoms with E-state index in [-0.39, 0.29) is 36.4 Å². The fourth-order valence-corrected chi connectivity index (χ4v) is 7.56. The minimum atomic E-state index is -2.74. The molecule has 1 aromatic carbocycles. The maximum Gasteiger partial charge on any atom is 0.329 e. The zero-order valence-electron chi connectivity index (χ0n) is 26.6. The number of rotatable bonds is 5. The second kappa shape index (κ2) is 12.0. The first-order valence-electron chi connectivity index (χ1n) is 16.5. The molecule has 250 valence electrons. The molecule has 2 fully saturated rings. The molecule has 4 aliphatic rings. The van der Waals surface area contributed by atoms with Gasteiger partial charge in [0.15, 0.2) is 5.82 Å². The van der Waals surface area contributed by atoms with Crippen molar-refractivity contribution in [2.45, 2.75) is 64.5 Å². The van der Waals surface area contributed by atoms with Crippen LogP contribution in [0, 0.1) is 0 Å². The van der Waals surface area contributed by atoms with Crippen molar-refractivity contribution in [3.63, 3.8) is 0 Å². The number of carbonyl (C=O) groups excluding carboxylic acids is 3. The van der Waals surface area contributed by atoms with Crippen LogP contribution in [0.4, 0.5) is 30.9 Å². The smallest absolute Gasteiger partial charge is 0.329 e. The van der Waals surface area contributed by atoms with Gasteiger partial charge in [-0.25, -0.2) is 18.6 Å². The SMILES string of the molecule is CC(=O)N1CCc2c(c(N3CCCc4cc(-c5ccn6c(N7CCC(=O)NC7=O)cnc6c5)c(C(F)F)cc43)nn2C2CCOCC2)C1. The molecule has 4 amide bonds. The maximum absolute atomic E-state index is 14.9. The molecule has 3 aromatic heterocycles. The fourth-order valence-electron chi connectivity index (χ4n) is 7.56. The molecule has 8 rings (SSSR count). The van der Waals surface area contributed by atoms with E-state index in [0.717, 1.165) is 54.0 Å². The van der Waals surface area contributed by atoms with Gasteiger partial charge >= 0.3 is 6.03 Å². The number of aromatic nitrogens is 4. The average molecular weight is 659 g/mol. The van der Waals surface area contributed by atoms with Crippen LogP contribution in [0.1, 0.15) is 67.5 Å². The van der Waals surface area contributed by atoms with Crippen LogP contribution in [0.3, 0.4) is 0 Å². The number of imidazole rings is 1. The quantitative estimate of drug-likeness (QED) is 0.324. The molecule has 4 aliphatic heterocycles. The lowest BCUT2D eigenvalue weighted by Crippen LogP contribution is -2.50. The first-order valence-corrected chi connectivity index (χ1v) is 16.5. The van der Waals surface area contributed by atoms with Gasteiger partial charge in [0, 0.05) is 81.3 Å². The molecule has 7 heterocycles. The Bertz CT molecular complexity index is 1950. The molecule has 1 N–H and O–H groups in total. The Morgan fingerprint density at radius 3 is 2.65 bits per heavy atom. The standard InChI is InChI=1S/C34H36F2N8O4/c1-20(45)40-10-5-27-26(19-40)33(39-44(27)23-7-13-48-14-8-23)41-9-2-3-22-15-24(25(32(35)36)17-28(22)41)21-4-11-42-29(16-21)37-18-31(42)43-12-6-30(46)38-34(43)47/h4,11,15-18,23,32H,2-3,5-10,12-14,19H2,1H3,(H,38,46,47). The van der Waals surface area contributed by atoms with Crippen LogP contribution in [0.2, 0.25) is 0 Å². The van der Waals surface area contributed by atoms with Gasteiger partial charge in [0.1, 0.15) is 11.5 Å². The van der Waals surface area contributed by atoms with Gasteiger partial charge in [0.2, 0.25) is 11.8 Å². The molecule has 0 radical (unpaired) electrons. The molecule has 0 bridgehead atoms. The first kappa shape index (κ1) is 30.5. The Morgan fingerprint density at radius 1 is 1.04 bits per heavy atom. The molecular weight excluding hydrogens is 622 g/mol. The van der Waals surface area contributed by atoms with Crippen molar-refractivity contribution in [2.24, 2.45) is 0 Å². The predicted octanol–water partition coefficient (Wildman–Crippen LogP) is 4.92. The van der Waals surface area contributed by atoms with Crippen LogP contribution in [0.5, 0.6) is 0 Å². The van der Waals surface area contributed by atoms with E-state index in [2.05, 4.69) is 19.9 Å². The van der Waals surface area contributed by atoms with Crippen molar-refractivity contribution in [2.75, 3.05) is 42.6 Å². The number of pyridine rings is 1. The third-order valence-electron chi connectivity index (χ3n) is 10.0. The normalized spacial score (nSPS) is 18.8. The van der Waals surface area contributed by atoms with E-state index in [0.29, 0.717) is 61.9 Å². The summed E-state index contributed by atoms with van der Waals surface area (Å²) in [6.45, 7) is 4.83. The Kier molecular flexibility index (Phi) is 7.61. The molecule has 0 spiro atoms. The van der Waals surface area contributed by atoms with Gasteiger partial charge in [-0.3, -0.25) is 28.9 Å². The molecule has 0 unspecified atom stereocenters. The number of halogens is 2. The minimum absolute atomic E-state index is 0.00458. The Balaban J connectivity index is 1.18. The third kappa shape index (κ3) is 5.18. The van der Waals surface area contributed by atoms with Crippen molar-refractivity contribution in [1.29, 1.82) is 0 Å². The number of benzene rings is 1. The number of carbonyl (C=O) groups is 3. The number of anilines is 3. The van der Waals surface area contributed by atoms with Gasteiger partial charge in [-0.05, 0) is 66.6 Å². The maximum atomic E-state index is 14.9. The predicted molar refractivity (Wildman–Crippen MR) is 173 cm³/mol. The van der Waals surface area contributed by atoms with E-state index in [4.69, 9.17) is 9.84 Å². The van der Waals surface area contributed by atoms with Gasteiger partial charge in [-0.15, -0.1) is 0 Å². The summed E-state index contributed by atoms with van der Waals surface area (Å²) in [5, 5.41) is 7.49. The van der Waals surface area contributed by atoms with Gasteiger partial charge < -0.3 is 14.5 Å². The van der Waals surface area contributed by atoms with Crippen LogP contribution >= 0.6 is 0 Å². The number of imide groups is 1. The van der Waals surface area contributed by atoms with Gasteiger partial charge in [-0.1, -0.05) is 0 Å². The molecule has 0 saturated carbocycles. The summed E-state index contributed by atoms with van der Waals surface area (Å²) >= 11 is 0. The zero-order valence-corrected chi connectivity index (χ0v) is 26.6. The highest BCUT2D eigenvalue weighted by molar-refractivity contribution is 6.05. The lowest BCUT2D eigenvalue weighted by atomic mass is 9.92. The monoisotopic (exact) mass is 658 g/mol. The number of hydrogen-bond donors (Lipinski definition) is 1. The van der Waals surface area contributed by atoms with E-state index in [1.807, 2.05) is 11.0 Å². The largest absolute Gasteiger partial charge is 0.381 e. The highest BCUT2D eigenvalue weighted by atomic mass is 19.3. The molecule has 48 heavy (non-hydrogen) atoms. The first-order chi connectivity index (χ1) is 23.3. The molecule has 0 atom stereocenters. The number of aryl methyl sites for hydroxylation is 1. The summed E-state index contributed by atoms with van der Waals surface area (Å²) < 4.78 is 39.3. The third-order valence-corrected chi connectivity index (χ3v) is 10.0. The van der Waals surface area contributed by atoms with Crippen LogP contribution in [-0.2, 0) is 33.7 Å². The highest BCUT2D eigenvalue weighted by Crippen LogP contribution is 2.44. The zero-order chi connectivity index (χ0) is 33.1. The Labute approximate surface area is 275 Å². The number of nitrogens with one attached hydrogen (secondary N) is 1. The number of urea groups is 1. The second-order valence-electron chi connectivity index (χ2n) is 12.9. The number of alkyl halides is 2. The van der Waals surface area contributed by atoms with Crippen LogP contribution < -0.4 is 15.1 Å². The van der Waals surface area contributed by atoms with Crippen LogP contribution in [-0.4, -0.2) is 74.8 Å². The number of amides is 4. The number of ether oxygens (including phenoxy) is 1. The van der Waals surface area contributed by atoms with Gasteiger partial charge in [0.25, 0.3) is 6.43 Å². The van der Waals surface area contributed by atoms with Crippen molar-refractivity contribution < 1.29 is 27.9 Å². The van der Waals surface area contributed by atoms with Crippen LogP contribution in [0.25, 0.3) is 16.8 Å².